The first-order valence-electron chi connectivity index (χ1n) is 8.70. The molecule has 0 aliphatic carbocycles. The summed E-state index contributed by atoms with van der Waals surface area (Å²) < 4.78 is 1.85. The zero-order chi connectivity index (χ0) is 17.3. The summed E-state index contributed by atoms with van der Waals surface area (Å²) >= 11 is 0. The topological polar surface area (TPSA) is 58.4 Å². The Hall–Kier alpha value is -2.30. The number of carbonyl (C=O) groups excluding carboxylic acids is 1. The maximum atomic E-state index is 13.1. The molecular weight excluding hydrogens is 302 g/mol. The van der Waals surface area contributed by atoms with E-state index in [4.69, 9.17) is 0 Å². The molecule has 0 fully saturated rings. The molecule has 0 saturated carbocycles. The average Bonchev–Trinajstić information content (AvgIpc) is 2.94. The second kappa shape index (κ2) is 6.67. The fourth-order valence-electron chi connectivity index (χ4n) is 3.34. The molecule has 0 bridgehead atoms. The number of hydrogen-bond donors (Lipinski definition) is 1. The molecule has 1 aliphatic rings. The van der Waals surface area contributed by atoms with Gasteiger partial charge >= 0.3 is 0 Å². The third kappa shape index (κ3) is 2.90. The van der Waals surface area contributed by atoms with Gasteiger partial charge < -0.3 is 10.0 Å². The molecule has 0 spiro atoms. The van der Waals surface area contributed by atoms with E-state index in [1.165, 1.54) is 0 Å². The van der Waals surface area contributed by atoms with Gasteiger partial charge in [0.1, 0.15) is 5.75 Å². The Kier molecular flexibility index (Phi) is 4.60. The highest BCUT2D eigenvalue weighted by Crippen LogP contribution is 2.41. The largest absolute Gasteiger partial charge is 0.506 e. The molecule has 1 unspecified atom stereocenters. The lowest BCUT2D eigenvalue weighted by atomic mass is 9.90. The first-order chi connectivity index (χ1) is 11.5. The molecule has 5 nitrogen and oxygen atoms in total. The van der Waals surface area contributed by atoms with Crippen LogP contribution in [-0.2, 0) is 6.54 Å². The van der Waals surface area contributed by atoms with Crippen molar-refractivity contribution in [3.05, 3.63) is 41.2 Å². The second-order valence-electron chi connectivity index (χ2n) is 6.61. The number of anilines is 1. The van der Waals surface area contributed by atoms with E-state index < -0.39 is 0 Å². The summed E-state index contributed by atoms with van der Waals surface area (Å²) in [5.74, 6) is 0.429. The summed E-state index contributed by atoms with van der Waals surface area (Å²) in [4.78, 5) is 14.8. The molecule has 1 amide bonds. The molecule has 1 N–H and O–H groups in total. The summed E-state index contributed by atoms with van der Waals surface area (Å²) in [7, 11) is 0. The van der Waals surface area contributed by atoms with Crippen LogP contribution in [0.5, 0.6) is 5.75 Å². The summed E-state index contributed by atoms with van der Waals surface area (Å²) in [6.45, 7) is 7.58. The van der Waals surface area contributed by atoms with Gasteiger partial charge in [-0.25, -0.2) is 0 Å². The summed E-state index contributed by atoms with van der Waals surface area (Å²) in [5.41, 5.74) is 3.05. The lowest BCUT2D eigenvalue weighted by Gasteiger charge is -2.33. The van der Waals surface area contributed by atoms with E-state index in [1.54, 1.807) is 11.0 Å². The second-order valence-corrected chi connectivity index (χ2v) is 6.61. The predicted molar refractivity (Wildman–Crippen MR) is 94.7 cm³/mol. The number of hydrogen-bond acceptors (Lipinski definition) is 3. The van der Waals surface area contributed by atoms with Crippen molar-refractivity contribution in [2.24, 2.45) is 0 Å². The van der Waals surface area contributed by atoms with Gasteiger partial charge in [0.15, 0.2) is 0 Å². The summed E-state index contributed by atoms with van der Waals surface area (Å²) in [6.07, 6.45) is 4.86. The van der Waals surface area contributed by atoms with Crippen LogP contribution in [0, 0.1) is 6.92 Å². The number of carbonyl (C=O) groups is 1. The van der Waals surface area contributed by atoms with Gasteiger partial charge in [-0.1, -0.05) is 32.4 Å². The van der Waals surface area contributed by atoms with Crippen LogP contribution in [-0.4, -0.2) is 27.3 Å². The Morgan fingerprint density at radius 2 is 2.21 bits per heavy atom. The van der Waals surface area contributed by atoms with Crippen molar-refractivity contribution in [3.63, 3.8) is 0 Å². The zero-order valence-electron chi connectivity index (χ0n) is 14.6. The van der Waals surface area contributed by atoms with Crippen molar-refractivity contribution in [1.82, 2.24) is 9.78 Å². The maximum absolute atomic E-state index is 13.1. The normalized spacial score (nSPS) is 17.0. The number of benzene rings is 1. The van der Waals surface area contributed by atoms with Crippen LogP contribution in [0.1, 0.15) is 60.6 Å². The standard InChI is InChI=1S/C19H25N3O2/c1-4-5-10-21-12-16(14(3)20-21)19(24)22-11-9-13(2)15-7-6-8-17(23)18(15)22/h6-8,12-13,23H,4-5,9-11H2,1-3H3. The van der Waals surface area contributed by atoms with Crippen LogP contribution in [0.3, 0.4) is 0 Å². The number of phenolic OH excluding ortho intramolecular Hbond substituents is 1. The van der Waals surface area contributed by atoms with Gasteiger partial charge in [-0.15, -0.1) is 0 Å². The van der Waals surface area contributed by atoms with Crippen molar-refractivity contribution in [2.45, 2.75) is 52.5 Å². The van der Waals surface area contributed by atoms with Crippen LogP contribution in [0.4, 0.5) is 5.69 Å². The Morgan fingerprint density at radius 1 is 1.42 bits per heavy atom. The van der Waals surface area contributed by atoms with E-state index in [0.29, 0.717) is 23.7 Å². The van der Waals surface area contributed by atoms with E-state index in [2.05, 4.69) is 18.9 Å². The van der Waals surface area contributed by atoms with E-state index in [1.807, 2.05) is 29.9 Å². The number of aryl methyl sites for hydroxylation is 2. The molecular formula is C19H25N3O2. The lowest BCUT2D eigenvalue weighted by Crippen LogP contribution is -2.36. The van der Waals surface area contributed by atoms with Gasteiger partial charge in [-0.3, -0.25) is 9.48 Å². The summed E-state index contributed by atoms with van der Waals surface area (Å²) in [6, 6.07) is 5.48. The highest BCUT2D eigenvalue weighted by molar-refractivity contribution is 6.08. The number of para-hydroxylation sites is 1. The van der Waals surface area contributed by atoms with Crippen molar-refractivity contribution < 1.29 is 9.90 Å². The van der Waals surface area contributed by atoms with Gasteiger partial charge in [-0.05, 0) is 37.3 Å². The fraction of sp³-hybridized carbons (Fsp3) is 0.474. The molecule has 1 aromatic carbocycles. The SMILES string of the molecule is CCCCn1cc(C(=O)N2CCC(C)c3cccc(O)c32)c(C)n1. The van der Waals surface area contributed by atoms with Crippen molar-refractivity contribution >= 4 is 11.6 Å². The quantitative estimate of drug-likeness (QED) is 0.928. The van der Waals surface area contributed by atoms with Crippen LogP contribution in [0.25, 0.3) is 0 Å². The maximum Gasteiger partial charge on any atom is 0.261 e. The minimum atomic E-state index is -0.0788. The summed E-state index contributed by atoms with van der Waals surface area (Å²) in [5, 5.41) is 14.8. The number of unbranched alkanes of at least 4 members (excludes halogenated alkanes) is 1. The first-order valence-corrected chi connectivity index (χ1v) is 8.70. The molecule has 1 aromatic heterocycles. The Labute approximate surface area is 142 Å². The Bertz CT molecular complexity index is 751. The van der Waals surface area contributed by atoms with Gasteiger partial charge in [0, 0.05) is 19.3 Å². The van der Waals surface area contributed by atoms with Crippen molar-refractivity contribution in [2.75, 3.05) is 11.4 Å². The number of rotatable bonds is 4. The van der Waals surface area contributed by atoms with Crippen LogP contribution >= 0.6 is 0 Å². The number of fused-ring (bicyclic) bond motifs is 1. The van der Waals surface area contributed by atoms with Gasteiger partial charge in [0.25, 0.3) is 5.91 Å². The number of phenols is 1. The smallest absolute Gasteiger partial charge is 0.261 e. The number of nitrogens with zero attached hydrogens (tertiary/aromatic N) is 3. The molecule has 24 heavy (non-hydrogen) atoms. The van der Waals surface area contributed by atoms with E-state index in [0.717, 1.165) is 37.1 Å². The van der Waals surface area contributed by atoms with E-state index in [-0.39, 0.29) is 11.7 Å². The van der Waals surface area contributed by atoms with Gasteiger partial charge in [0.05, 0.1) is 16.9 Å². The number of aromatic hydroxyl groups is 1. The molecule has 5 heteroatoms. The zero-order valence-corrected chi connectivity index (χ0v) is 14.6. The molecule has 0 saturated heterocycles. The minimum Gasteiger partial charge on any atom is -0.506 e. The van der Waals surface area contributed by atoms with Gasteiger partial charge in [0.2, 0.25) is 0 Å². The molecule has 2 heterocycles. The van der Waals surface area contributed by atoms with Crippen molar-refractivity contribution in [1.29, 1.82) is 0 Å². The molecule has 3 rings (SSSR count). The Balaban J connectivity index is 1.94. The van der Waals surface area contributed by atoms with Crippen LogP contribution in [0.2, 0.25) is 0 Å². The lowest BCUT2D eigenvalue weighted by molar-refractivity contribution is 0.0983. The highest BCUT2D eigenvalue weighted by atomic mass is 16.3. The molecule has 128 valence electrons. The highest BCUT2D eigenvalue weighted by Gasteiger charge is 2.31. The molecule has 1 aliphatic heterocycles. The molecule has 2 aromatic rings. The Morgan fingerprint density at radius 3 is 2.96 bits per heavy atom. The third-order valence-electron chi connectivity index (χ3n) is 4.80. The average molecular weight is 327 g/mol. The minimum absolute atomic E-state index is 0.0788. The van der Waals surface area contributed by atoms with E-state index in [9.17, 15) is 9.90 Å². The number of amides is 1. The van der Waals surface area contributed by atoms with Crippen molar-refractivity contribution in [3.8, 4) is 5.75 Å². The molecule has 0 radical (unpaired) electrons. The van der Waals surface area contributed by atoms with Crippen LogP contribution < -0.4 is 4.90 Å². The predicted octanol–water partition coefficient (Wildman–Crippen LogP) is 3.85. The monoisotopic (exact) mass is 327 g/mol. The van der Waals surface area contributed by atoms with Gasteiger partial charge in [-0.2, -0.15) is 5.10 Å². The third-order valence-corrected chi connectivity index (χ3v) is 4.80. The molecule has 1 atom stereocenters. The van der Waals surface area contributed by atoms with Crippen LogP contribution in [0.15, 0.2) is 24.4 Å². The fourth-order valence-corrected chi connectivity index (χ4v) is 3.34. The number of aromatic nitrogens is 2. The first kappa shape index (κ1) is 16.6. The van der Waals surface area contributed by atoms with E-state index >= 15 is 0 Å².